The molecule has 0 saturated carbocycles. The lowest BCUT2D eigenvalue weighted by molar-refractivity contribution is -0.157. The van der Waals surface area contributed by atoms with E-state index in [1.54, 1.807) is 105 Å². The molecular weight excluding hydrogens is 785 g/mol. The van der Waals surface area contributed by atoms with Crippen LogP contribution >= 0.6 is 0 Å². The van der Waals surface area contributed by atoms with Crippen molar-refractivity contribution in [3.8, 4) is 5.75 Å². The van der Waals surface area contributed by atoms with E-state index in [4.69, 9.17) is 4.74 Å². The number of alkyl halides is 6. The summed E-state index contributed by atoms with van der Waals surface area (Å²) < 4.78 is 140. The molecule has 9 nitrogen and oxygen atoms in total. The number of aryl methyl sites for hydroxylation is 6. The van der Waals surface area contributed by atoms with E-state index in [0.717, 1.165) is 11.1 Å². The first-order valence-electron chi connectivity index (χ1n) is 17.2. The molecule has 4 rings (SSSR count). The third-order valence-electron chi connectivity index (χ3n) is 8.33. The van der Waals surface area contributed by atoms with Gasteiger partial charge in [-0.05, 0) is 88.1 Å². The highest BCUT2D eigenvalue weighted by molar-refractivity contribution is 7.90. The molecular formula is C39H45F6N3O6S2. The largest absolute Gasteiger partial charge is 0.491 e. The molecule has 56 heavy (non-hydrogen) atoms. The molecule has 0 bridgehead atoms. The van der Waals surface area contributed by atoms with Crippen LogP contribution in [0.4, 0.5) is 32.0 Å². The third kappa shape index (κ3) is 12.5. The molecule has 0 fully saturated rings. The number of halogens is 6. The van der Waals surface area contributed by atoms with E-state index in [0.29, 0.717) is 27.9 Å². The van der Waals surface area contributed by atoms with Crippen molar-refractivity contribution >= 4 is 31.5 Å². The summed E-state index contributed by atoms with van der Waals surface area (Å²) in [5.41, 5.74) is 3.78. The average molecular weight is 830 g/mol. The minimum absolute atomic E-state index is 0.0273. The van der Waals surface area contributed by atoms with Crippen LogP contribution in [0.5, 0.6) is 5.75 Å². The van der Waals surface area contributed by atoms with Crippen LogP contribution in [0, 0.1) is 41.5 Å². The van der Waals surface area contributed by atoms with Crippen LogP contribution in [0.15, 0.2) is 88.7 Å². The number of hydrogen-bond acceptors (Lipinski definition) is 7. The fraction of sp³-hybridized carbons (Fsp3) is 0.359. The number of benzene rings is 4. The predicted octanol–water partition coefficient (Wildman–Crippen LogP) is 8.43. The Balaban J connectivity index is 0.000000303. The van der Waals surface area contributed by atoms with Crippen LogP contribution in [0.3, 0.4) is 0 Å². The summed E-state index contributed by atoms with van der Waals surface area (Å²) in [5, 5.41) is 2.62. The number of sulfonamides is 2. The van der Waals surface area contributed by atoms with Crippen LogP contribution in [0.25, 0.3) is 0 Å². The van der Waals surface area contributed by atoms with Crippen molar-refractivity contribution in [3.05, 3.63) is 118 Å². The number of anilines is 1. The molecule has 0 spiro atoms. The van der Waals surface area contributed by atoms with Gasteiger partial charge in [-0.1, -0.05) is 72.6 Å². The van der Waals surface area contributed by atoms with Gasteiger partial charge in [-0.25, -0.2) is 16.8 Å². The van der Waals surface area contributed by atoms with Gasteiger partial charge in [-0.15, -0.1) is 0 Å². The zero-order valence-corrected chi connectivity index (χ0v) is 33.4. The minimum Gasteiger partial charge on any atom is -0.491 e. The maximum absolute atomic E-state index is 13.6. The topological polar surface area (TPSA) is 131 Å². The Kier molecular flexibility index (Phi) is 15.3. The van der Waals surface area contributed by atoms with Crippen molar-refractivity contribution in [1.82, 2.24) is 9.44 Å². The number of nitrogens with one attached hydrogen (secondary N) is 3. The quantitative estimate of drug-likeness (QED) is 0.0860. The molecule has 4 aromatic rings. The molecule has 0 aliphatic carbocycles. The molecule has 0 aliphatic heterocycles. The molecule has 0 aliphatic rings. The number of rotatable bonds is 14. The molecule has 3 N–H and O–H groups in total. The summed E-state index contributed by atoms with van der Waals surface area (Å²) in [6.07, 6.45) is -9.48. The van der Waals surface area contributed by atoms with Crippen molar-refractivity contribution in [2.75, 3.05) is 18.5 Å². The van der Waals surface area contributed by atoms with Gasteiger partial charge >= 0.3 is 12.4 Å². The second-order valence-electron chi connectivity index (χ2n) is 13.2. The number of ketones is 1. The van der Waals surface area contributed by atoms with E-state index in [-0.39, 0.29) is 33.3 Å². The van der Waals surface area contributed by atoms with Gasteiger partial charge in [0.1, 0.15) is 18.4 Å². The van der Waals surface area contributed by atoms with E-state index in [2.05, 4.69) is 5.32 Å². The van der Waals surface area contributed by atoms with Gasteiger partial charge in [-0.3, -0.25) is 4.79 Å². The maximum Gasteiger partial charge on any atom is 0.408 e. The van der Waals surface area contributed by atoms with Gasteiger partial charge in [-0.2, -0.15) is 35.8 Å². The molecule has 0 radical (unpaired) electrons. The van der Waals surface area contributed by atoms with Crippen molar-refractivity contribution in [1.29, 1.82) is 0 Å². The SMILES string of the molecule is CCC(=O)c1ccccc1OCC(NS(=O)(=O)c1c(C)cc(C)cc1C)C(F)(F)F.Cc1cc(C)c(S(=O)(=O)NC(CNc2ccccc2)C(F)(F)F)c(C)c1. The van der Waals surface area contributed by atoms with Crippen molar-refractivity contribution in [2.24, 2.45) is 0 Å². The van der Waals surface area contributed by atoms with Crippen LogP contribution in [0.2, 0.25) is 0 Å². The lowest BCUT2D eigenvalue weighted by atomic mass is 10.1. The van der Waals surface area contributed by atoms with Crippen molar-refractivity contribution in [2.45, 2.75) is 89.1 Å². The van der Waals surface area contributed by atoms with Gasteiger partial charge in [0.25, 0.3) is 0 Å². The Bertz CT molecular complexity index is 2170. The molecule has 2 atom stereocenters. The van der Waals surface area contributed by atoms with Crippen molar-refractivity contribution < 1.29 is 52.7 Å². The van der Waals surface area contributed by atoms with Crippen LogP contribution in [-0.4, -0.2) is 60.2 Å². The van der Waals surface area contributed by atoms with E-state index >= 15 is 0 Å². The molecule has 17 heteroatoms. The van der Waals surface area contributed by atoms with E-state index in [9.17, 15) is 48.0 Å². The number of Topliss-reactive ketones (excluding diaryl/α,β-unsaturated/α-hetero) is 1. The molecule has 4 aromatic carbocycles. The van der Waals surface area contributed by atoms with Gasteiger partial charge in [0.15, 0.2) is 11.8 Å². The normalized spacial score (nSPS) is 13.3. The van der Waals surface area contributed by atoms with Crippen LogP contribution in [-0.2, 0) is 20.0 Å². The zero-order valence-electron chi connectivity index (χ0n) is 31.8. The first kappa shape index (κ1) is 45.9. The van der Waals surface area contributed by atoms with E-state index < -0.39 is 57.6 Å². The third-order valence-corrected chi connectivity index (χ3v) is 11.9. The highest BCUT2D eigenvalue weighted by atomic mass is 32.2. The summed E-state index contributed by atoms with van der Waals surface area (Å²) in [6, 6.07) is 15.9. The lowest BCUT2D eigenvalue weighted by Crippen LogP contribution is -2.49. The Morgan fingerprint density at radius 3 is 1.48 bits per heavy atom. The maximum atomic E-state index is 13.6. The second-order valence-corrected chi connectivity index (χ2v) is 16.5. The van der Waals surface area contributed by atoms with E-state index in [1.165, 1.54) is 32.0 Å². The first-order valence-corrected chi connectivity index (χ1v) is 20.2. The highest BCUT2D eigenvalue weighted by Crippen LogP contribution is 2.29. The van der Waals surface area contributed by atoms with Gasteiger partial charge in [0.2, 0.25) is 20.0 Å². The highest BCUT2D eigenvalue weighted by Gasteiger charge is 2.44. The molecule has 0 heterocycles. The molecule has 0 aromatic heterocycles. The summed E-state index contributed by atoms with van der Waals surface area (Å²) >= 11 is 0. The molecule has 2 unspecified atom stereocenters. The van der Waals surface area contributed by atoms with Crippen LogP contribution in [0.1, 0.15) is 57.1 Å². The number of hydrogen-bond donors (Lipinski definition) is 3. The Morgan fingerprint density at radius 1 is 0.643 bits per heavy atom. The molecule has 0 amide bonds. The minimum atomic E-state index is -4.90. The number of para-hydroxylation sites is 2. The second kappa shape index (κ2) is 18.7. The standard InChI is InChI=1S/C21H24F3NO4S.C18H21F3N2O2S/c1-5-17(26)16-8-6-7-9-18(16)29-12-19(21(22,23)24)25-30(27,28)20-14(3)10-13(2)11-15(20)4;1-12-9-13(2)17(14(3)10-12)26(24,25)23-16(18(19,20)21)11-22-15-7-5-4-6-8-15/h6-11,19,25H,5,12H2,1-4H3;4-10,16,22-23H,11H2,1-3H3. The van der Waals surface area contributed by atoms with Gasteiger partial charge < -0.3 is 10.1 Å². The number of carbonyl (C=O) groups is 1. The number of carbonyl (C=O) groups excluding carboxylic acids is 1. The Labute approximate surface area is 324 Å². The van der Waals surface area contributed by atoms with Crippen LogP contribution < -0.4 is 19.5 Å². The van der Waals surface area contributed by atoms with Gasteiger partial charge in [0, 0.05) is 18.7 Å². The smallest absolute Gasteiger partial charge is 0.408 e. The summed E-state index contributed by atoms with van der Waals surface area (Å²) in [6.45, 7) is 9.76. The Hall–Kier alpha value is -4.45. The zero-order chi connectivity index (χ0) is 42.2. The van der Waals surface area contributed by atoms with Crippen molar-refractivity contribution in [3.63, 3.8) is 0 Å². The summed E-state index contributed by atoms with van der Waals surface area (Å²) in [4.78, 5) is 11.7. The predicted molar refractivity (Wildman–Crippen MR) is 203 cm³/mol. The van der Waals surface area contributed by atoms with Gasteiger partial charge in [0.05, 0.1) is 15.4 Å². The fourth-order valence-electron chi connectivity index (χ4n) is 6.06. The molecule has 306 valence electrons. The van der Waals surface area contributed by atoms with E-state index in [1.807, 2.05) is 0 Å². The average Bonchev–Trinajstić information content (AvgIpc) is 3.06. The molecule has 0 saturated heterocycles. The monoisotopic (exact) mass is 829 g/mol. The Morgan fingerprint density at radius 2 is 1.05 bits per heavy atom. The fourth-order valence-corrected chi connectivity index (χ4v) is 9.39. The first-order chi connectivity index (χ1) is 25.9. The summed E-state index contributed by atoms with van der Waals surface area (Å²) in [5.74, 6) is -0.318. The lowest BCUT2D eigenvalue weighted by Gasteiger charge is -2.23. The number of ether oxygens (including phenoxy) is 1. The summed E-state index contributed by atoms with van der Waals surface area (Å²) in [7, 11) is -8.81.